The van der Waals surface area contributed by atoms with E-state index in [0.29, 0.717) is 24.5 Å². The molecule has 1 saturated heterocycles. The summed E-state index contributed by atoms with van der Waals surface area (Å²) in [5.41, 5.74) is 2.69. The Balaban J connectivity index is 1.68. The minimum absolute atomic E-state index is 0.0958. The van der Waals surface area contributed by atoms with Gasteiger partial charge in [0.25, 0.3) is 5.91 Å². The van der Waals surface area contributed by atoms with E-state index in [2.05, 4.69) is 10.4 Å². The molecule has 1 aliphatic rings. The molecule has 0 radical (unpaired) electrons. The molecule has 0 aromatic carbocycles. The lowest BCUT2D eigenvalue weighted by molar-refractivity contribution is 0.0903. The molecule has 124 valence electrons. The topological polar surface area (TPSA) is 70.3 Å². The molecule has 1 aliphatic heterocycles. The fourth-order valence-corrected chi connectivity index (χ4v) is 2.75. The van der Waals surface area contributed by atoms with Gasteiger partial charge in [-0.1, -0.05) is 0 Å². The predicted octanol–water partition coefficient (Wildman–Crippen LogP) is 0.952. The van der Waals surface area contributed by atoms with E-state index in [1.54, 1.807) is 17.1 Å². The SMILES string of the molecule is Cc1cc(C(=O)N[C@H]2COC[C@H]2Oc2cnn(C)c2)c(C)n1C. The van der Waals surface area contributed by atoms with E-state index in [0.717, 1.165) is 11.4 Å². The average Bonchev–Trinajstić information content (AvgIpc) is 3.18. The van der Waals surface area contributed by atoms with Crippen LogP contribution in [-0.2, 0) is 18.8 Å². The lowest BCUT2D eigenvalue weighted by Gasteiger charge is -2.19. The third kappa shape index (κ3) is 3.10. The second kappa shape index (κ2) is 6.08. The minimum Gasteiger partial charge on any atom is -0.482 e. The number of rotatable bonds is 4. The second-order valence-electron chi connectivity index (χ2n) is 5.97. The van der Waals surface area contributed by atoms with E-state index in [9.17, 15) is 4.79 Å². The van der Waals surface area contributed by atoms with Crippen molar-refractivity contribution in [3.05, 3.63) is 35.4 Å². The zero-order chi connectivity index (χ0) is 16.6. The average molecular weight is 318 g/mol. The van der Waals surface area contributed by atoms with Gasteiger partial charge in [0.15, 0.2) is 5.75 Å². The molecule has 23 heavy (non-hydrogen) atoms. The van der Waals surface area contributed by atoms with E-state index in [1.165, 1.54) is 0 Å². The molecule has 3 heterocycles. The molecule has 1 N–H and O–H groups in total. The number of nitrogens with one attached hydrogen (secondary N) is 1. The molecule has 2 atom stereocenters. The van der Waals surface area contributed by atoms with Crippen LogP contribution in [-0.4, -0.2) is 45.6 Å². The maximum Gasteiger partial charge on any atom is 0.253 e. The quantitative estimate of drug-likeness (QED) is 0.911. The minimum atomic E-state index is -0.215. The first-order chi connectivity index (χ1) is 11.0. The van der Waals surface area contributed by atoms with Crippen molar-refractivity contribution in [3.8, 4) is 5.75 Å². The highest BCUT2D eigenvalue weighted by atomic mass is 16.5. The van der Waals surface area contributed by atoms with Crippen molar-refractivity contribution in [2.24, 2.45) is 14.1 Å². The van der Waals surface area contributed by atoms with Crippen LogP contribution < -0.4 is 10.1 Å². The summed E-state index contributed by atoms with van der Waals surface area (Å²) in [4.78, 5) is 12.5. The molecule has 0 aliphatic carbocycles. The highest BCUT2D eigenvalue weighted by molar-refractivity contribution is 5.96. The largest absolute Gasteiger partial charge is 0.482 e. The zero-order valence-electron chi connectivity index (χ0n) is 13.9. The molecule has 2 aromatic heterocycles. The summed E-state index contributed by atoms with van der Waals surface area (Å²) < 4.78 is 15.0. The molecule has 0 bridgehead atoms. The van der Waals surface area contributed by atoms with Crippen molar-refractivity contribution in [2.75, 3.05) is 13.2 Å². The Morgan fingerprint density at radius 3 is 2.78 bits per heavy atom. The number of nitrogens with zero attached hydrogens (tertiary/aromatic N) is 3. The molecule has 3 rings (SSSR count). The smallest absolute Gasteiger partial charge is 0.253 e. The number of hydrogen-bond donors (Lipinski definition) is 1. The third-order valence-electron chi connectivity index (χ3n) is 4.33. The van der Waals surface area contributed by atoms with Crippen molar-refractivity contribution in [1.82, 2.24) is 19.7 Å². The Labute approximate surface area is 135 Å². The number of carbonyl (C=O) groups excluding carboxylic acids is 1. The molecule has 1 fully saturated rings. The van der Waals surface area contributed by atoms with Crippen LogP contribution >= 0.6 is 0 Å². The molecule has 0 unspecified atom stereocenters. The van der Waals surface area contributed by atoms with E-state index in [-0.39, 0.29) is 18.1 Å². The van der Waals surface area contributed by atoms with Crippen molar-refractivity contribution in [1.29, 1.82) is 0 Å². The van der Waals surface area contributed by atoms with Gasteiger partial charge in [-0.25, -0.2) is 0 Å². The van der Waals surface area contributed by atoms with Crippen molar-refractivity contribution >= 4 is 5.91 Å². The van der Waals surface area contributed by atoms with Gasteiger partial charge in [-0.15, -0.1) is 0 Å². The van der Waals surface area contributed by atoms with Crippen LogP contribution in [0.3, 0.4) is 0 Å². The summed E-state index contributed by atoms with van der Waals surface area (Å²) >= 11 is 0. The van der Waals surface area contributed by atoms with Crippen LogP contribution in [0.25, 0.3) is 0 Å². The number of ether oxygens (including phenoxy) is 2. The summed E-state index contributed by atoms with van der Waals surface area (Å²) in [6.45, 7) is 4.82. The van der Waals surface area contributed by atoms with Crippen LogP contribution in [0.2, 0.25) is 0 Å². The molecule has 1 amide bonds. The summed E-state index contributed by atoms with van der Waals surface area (Å²) in [5, 5.41) is 7.10. The molecule has 7 nitrogen and oxygen atoms in total. The van der Waals surface area contributed by atoms with Gasteiger partial charge in [0.05, 0.1) is 37.2 Å². The Bertz CT molecular complexity index is 719. The van der Waals surface area contributed by atoms with Crippen LogP contribution in [0, 0.1) is 13.8 Å². The van der Waals surface area contributed by atoms with Crippen LogP contribution in [0.5, 0.6) is 5.75 Å². The molecule has 0 spiro atoms. The van der Waals surface area contributed by atoms with Crippen molar-refractivity contribution in [2.45, 2.75) is 26.0 Å². The van der Waals surface area contributed by atoms with E-state index in [4.69, 9.17) is 9.47 Å². The normalized spacial score (nSPS) is 20.7. The first kappa shape index (κ1) is 15.6. The van der Waals surface area contributed by atoms with Gasteiger partial charge < -0.3 is 19.4 Å². The fourth-order valence-electron chi connectivity index (χ4n) is 2.75. The maximum absolute atomic E-state index is 12.5. The van der Waals surface area contributed by atoms with Gasteiger partial charge in [-0.05, 0) is 19.9 Å². The second-order valence-corrected chi connectivity index (χ2v) is 5.97. The lowest BCUT2D eigenvalue weighted by atomic mass is 10.1. The highest BCUT2D eigenvalue weighted by Gasteiger charge is 2.32. The molecular weight excluding hydrogens is 296 g/mol. The van der Waals surface area contributed by atoms with Crippen molar-refractivity contribution in [3.63, 3.8) is 0 Å². The summed E-state index contributed by atoms with van der Waals surface area (Å²) in [7, 11) is 3.78. The van der Waals surface area contributed by atoms with Crippen LogP contribution in [0.4, 0.5) is 0 Å². The van der Waals surface area contributed by atoms with Gasteiger partial charge in [0.1, 0.15) is 6.10 Å². The lowest BCUT2D eigenvalue weighted by Crippen LogP contribution is -2.45. The van der Waals surface area contributed by atoms with Crippen LogP contribution in [0.1, 0.15) is 21.7 Å². The summed E-state index contributed by atoms with van der Waals surface area (Å²) in [6, 6.07) is 1.72. The molecule has 7 heteroatoms. The van der Waals surface area contributed by atoms with Gasteiger partial charge in [-0.3, -0.25) is 9.48 Å². The first-order valence-electron chi connectivity index (χ1n) is 7.62. The Morgan fingerprint density at radius 2 is 2.17 bits per heavy atom. The summed E-state index contributed by atoms with van der Waals surface area (Å²) in [5.74, 6) is 0.579. The number of carbonyl (C=O) groups is 1. The third-order valence-corrected chi connectivity index (χ3v) is 4.33. The van der Waals surface area contributed by atoms with Gasteiger partial charge in [0, 0.05) is 25.5 Å². The van der Waals surface area contributed by atoms with E-state index >= 15 is 0 Å². The number of aromatic nitrogens is 3. The molecule has 2 aromatic rings. The molecule has 0 saturated carbocycles. The fraction of sp³-hybridized carbons (Fsp3) is 0.500. The molecular formula is C16H22N4O3. The van der Waals surface area contributed by atoms with E-state index < -0.39 is 0 Å². The van der Waals surface area contributed by atoms with Crippen LogP contribution in [0.15, 0.2) is 18.5 Å². The van der Waals surface area contributed by atoms with E-state index in [1.807, 2.05) is 38.6 Å². The van der Waals surface area contributed by atoms with Gasteiger partial charge >= 0.3 is 0 Å². The standard InChI is InChI=1S/C16H22N4O3/c1-10-5-13(11(2)20(10)4)16(21)18-14-8-22-9-15(14)23-12-6-17-19(3)7-12/h5-7,14-15H,8-9H2,1-4H3,(H,18,21)/t14-,15+/m0/s1. The first-order valence-corrected chi connectivity index (χ1v) is 7.62. The maximum atomic E-state index is 12.5. The van der Waals surface area contributed by atoms with Gasteiger partial charge in [-0.2, -0.15) is 5.10 Å². The predicted molar refractivity (Wildman–Crippen MR) is 84.6 cm³/mol. The zero-order valence-corrected chi connectivity index (χ0v) is 13.9. The Hall–Kier alpha value is -2.28. The summed E-state index contributed by atoms with van der Waals surface area (Å²) in [6.07, 6.45) is 3.23. The van der Waals surface area contributed by atoms with Crippen molar-refractivity contribution < 1.29 is 14.3 Å². The number of hydrogen-bond acceptors (Lipinski definition) is 4. The highest BCUT2D eigenvalue weighted by Crippen LogP contribution is 2.18. The number of aryl methyl sites for hydroxylation is 2. The monoisotopic (exact) mass is 318 g/mol. The Morgan fingerprint density at radius 1 is 1.39 bits per heavy atom. The Kier molecular flexibility index (Phi) is 4.12. The van der Waals surface area contributed by atoms with Gasteiger partial charge in [0.2, 0.25) is 0 Å². The number of amides is 1.